The first kappa shape index (κ1) is 9.69. The molecule has 1 heterocycles. The highest BCUT2D eigenvalue weighted by Crippen LogP contribution is 2.33. The van der Waals surface area contributed by atoms with Crippen molar-refractivity contribution in [3.63, 3.8) is 0 Å². The second-order valence-electron chi connectivity index (χ2n) is 2.91. The second-order valence-corrected chi connectivity index (χ2v) is 5.64. The van der Waals surface area contributed by atoms with Crippen molar-refractivity contribution in [2.75, 3.05) is 0 Å². The molecule has 68 valence electrons. The Morgan fingerprint density at radius 2 is 2.15 bits per heavy atom. The van der Waals surface area contributed by atoms with Gasteiger partial charge in [0.2, 0.25) is 0 Å². The lowest BCUT2D eigenvalue weighted by molar-refractivity contribution is 1.44. The SMILES string of the molecule is Cc1sc2ccc(Br)cc2c1CBr. The third-order valence-electron chi connectivity index (χ3n) is 2.09. The first-order valence-corrected chi connectivity index (χ1v) is 6.69. The summed E-state index contributed by atoms with van der Waals surface area (Å²) in [7, 11) is 0. The van der Waals surface area contributed by atoms with Crippen LogP contribution in [0.1, 0.15) is 10.4 Å². The number of aryl methyl sites for hydroxylation is 1. The van der Waals surface area contributed by atoms with E-state index in [4.69, 9.17) is 0 Å². The molecule has 0 unspecified atom stereocenters. The lowest BCUT2D eigenvalue weighted by Gasteiger charge is -1.95. The Balaban J connectivity index is 2.80. The van der Waals surface area contributed by atoms with Crippen molar-refractivity contribution < 1.29 is 0 Å². The van der Waals surface area contributed by atoms with Gasteiger partial charge in [0.25, 0.3) is 0 Å². The van der Waals surface area contributed by atoms with Gasteiger partial charge in [-0.3, -0.25) is 0 Å². The van der Waals surface area contributed by atoms with Gasteiger partial charge in [0.05, 0.1) is 0 Å². The molecule has 0 aliphatic rings. The van der Waals surface area contributed by atoms with Crippen LogP contribution in [0.3, 0.4) is 0 Å². The monoisotopic (exact) mass is 318 g/mol. The quantitative estimate of drug-likeness (QED) is 0.658. The maximum atomic E-state index is 3.52. The molecular formula is C10H8Br2S. The van der Waals surface area contributed by atoms with Crippen LogP contribution in [-0.4, -0.2) is 0 Å². The topological polar surface area (TPSA) is 0 Å². The van der Waals surface area contributed by atoms with Gasteiger partial charge in [-0.05, 0) is 36.1 Å². The molecule has 0 saturated heterocycles. The van der Waals surface area contributed by atoms with Gasteiger partial charge in [0.15, 0.2) is 0 Å². The van der Waals surface area contributed by atoms with Crippen molar-refractivity contribution in [1.82, 2.24) is 0 Å². The van der Waals surface area contributed by atoms with E-state index >= 15 is 0 Å². The van der Waals surface area contributed by atoms with Gasteiger partial charge in [-0.15, -0.1) is 11.3 Å². The van der Waals surface area contributed by atoms with Crippen molar-refractivity contribution in [3.8, 4) is 0 Å². The van der Waals surface area contributed by atoms with Crippen LogP contribution in [-0.2, 0) is 5.33 Å². The number of hydrogen-bond acceptors (Lipinski definition) is 1. The van der Waals surface area contributed by atoms with Crippen LogP contribution < -0.4 is 0 Å². The van der Waals surface area contributed by atoms with Crippen molar-refractivity contribution in [2.45, 2.75) is 12.3 Å². The van der Waals surface area contributed by atoms with Gasteiger partial charge < -0.3 is 0 Å². The van der Waals surface area contributed by atoms with Crippen LogP contribution in [0.5, 0.6) is 0 Å². The van der Waals surface area contributed by atoms with Crippen molar-refractivity contribution in [1.29, 1.82) is 0 Å². The molecule has 2 rings (SSSR count). The molecular weight excluding hydrogens is 312 g/mol. The molecule has 0 saturated carbocycles. The Kier molecular flexibility index (Phi) is 2.77. The van der Waals surface area contributed by atoms with Crippen LogP contribution in [0.25, 0.3) is 10.1 Å². The maximum Gasteiger partial charge on any atom is 0.0349 e. The fraction of sp³-hybridized carbons (Fsp3) is 0.200. The van der Waals surface area contributed by atoms with Gasteiger partial charge in [0, 0.05) is 19.4 Å². The number of fused-ring (bicyclic) bond motifs is 1. The minimum absolute atomic E-state index is 0.940. The molecule has 0 spiro atoms. The summed E-state index contributed by atoms with van der Waals surface area (Å²) in [6.45, 7) is 2.18. The summed E-state index contributed by atoms with van der Waals surface area (Å²) < 4.78 is 2.52. The predicted octanol–water partition coefficient (Wildman–Crippen LogP) is 4.87. The fourth-order valence-corrected chi connectivity index (χ4v) is 3.74. The van der Waals surface area contributed by atoms with E-state index in [1.807, 2.05) is 11.3 Å². The van der Waals surface area contributed by atoms with Crippen LogP contribution >= 0.6 is 43.2 Å². The van der Waals surface area contributed by atoms with E-state index in [0.29, 0.717) is 0 Å². The van der Waals surface area contributed by atoms with Gasteiger partial charge in [-0.25, -0.2) is 0 Å². The van der Waals surface area contributed by atoms with E-state index in [1.54, 1.807) is 0 Å². The highest BCUT2D eigenvalue weighted by molar-refractivity contribution is 9.10. The molecule has 0 radical (unpaired) electrons. The third kappa shape index (κ3) is 1.69. The minimum Gasteiger partial charge on any atom is -0.140 e. The van der Waals surface area contributed by atoms with Crippen molar-refractivity contribution in [3.05, 3.63) is 33.1 Å². The van der Waals surface area contributed by atoms with Gasteiger partial charge in [-0.1, -0.05) is 31.9 Å². The lowest BCUT2D eigenvalue weighted by Crippen LogP contribution is -1.76. The Hall–Kier alpha value is 0.140. The molecule has 1 aromatic heterocycles. The van der Waals surface area contributed by atoms with Crippen LogP contribution in [0.15, 0.2) is 22.7 Å². The van der Waals surface area contributed by atoms with Gasteiger partial charge >= 0.3 is 0 Å². The maximum absolute atomic E-state index is 3.52. The molecule has 1 aromatic carbocycles. The predicted molar refractivity (Wildman–Crippen MR) is 66.9 cm³/mol. The van der Waals surface area contributed by atoms with E-state index in [-0.39, 0.29) is 0 Å². The largest absolute Gasteiger partial charge is 0.140 e. The first-order valence-electron chi connectivity index (χ1n) is 3.96. The van der Waals surface area contributed by atoms with Crippen LogP contribution in [0.4, 0.5) is 0 Å². The average Bonchev–Trinajstić information content (AvgIpc) is 2.40. The minimum atomic E-state index is 0.940. The third-order valence-corrected chi connectivity index (χ3v) is 4.27. The molecule has 0 fully saturated rings. The number of thiophene rings is 1. The molecule has 0 N–H and O–H groups in total. The number of benzene rings is 1. The van der Waals surface area contributed by atoms with E-state index in [2.05, 4.69) is 57.0 Å². The average molecular weight is 320 g/mol. The van der Waals surface area contributed by atoms with Crippen molar-refractivity contribution >= 4 is 53.3 Å². The van der Waals surface area contributed by atoms with Crippen LogP contribution in [0, 0.1) is 6.92 Å². The molecule has 2 aromatic rings. The zero-order valence-corrected chi connectivity index (χ0v) is 11.1. The van der Waals surface area contributed by atoms with Crippen molar-refractivity contribution in [2.24, 2.45) is 0 Å². The fourth-order valence-electron chi connectivity index (χ4n) is 1.41. The number of hydrogen-bond donors (Lipinski definition) is 0. The van der Waals surface area contributed by atoms with Crippen LogP contribution in [0.2, 0.25) is 0 Å². The number of rotatable bonds is 1. The zero-order chi connectivity index (χ0) is 9.42. The normalized spacial score (nSPS) is 11.0. The Morgan fingerprint density at radius 3 is 2.85 bits per heavy atom. The van der Waals surface area contributed by atoms with E-state index in [1.165, 1.54) is 20.5 Å². The second kappa shape index (κ2) is 3.71. The van der Waals surface area contributed by atoms with Gasteiger partial charge in [0.1, 0.15) is 0 Å². The Bertz CT molecular complexity index is 445. The summed E-state index contributed by atoms with van der Waals surface area (Å²) in [5, 5.41) is 2.31. The molecule has 0 atom stereocenters. The Labute approximate surface area is 98.2 Å². The van der Waals surface area contributed by atoms with Gasteiger partial charge in [-0.2, -0.15) is 0 Å². The molecule has 0 nitrogen and oxygen atoms in total. The standard InChI is InChI=1S/C10H8Br2S/c1-6-9(5-11)8-4-7(12)2-3-10(8)13-6/h2-4H,5H2,1H3. The summed E-state index contributed by atoms with van der Waals surface area (Å²) in [5.41, 5.74) is 1.42. The number of alkyl halides is 1. The molecule has 0 bridgehead atoms. The highest BCUT2D eigenvalue weighted by atomic mass is 79.9. The molecule has 0 aliphatic carbocycles. The first-order chi connectivity index (χ1) is 6.22. The number of halogens is 2. The van der Waals surface area contributed by atoms with E-state index < -0.39 is 0 Å². The highest BCUT2D eigenvalue weighted by Gasteiger charge is 2.07. The summed E-state index contributed by atoms with van der Waals surface area (Å²) in [5.74, 6) is 0. The summed E-state index contributed by atoms with van der Waals surface area (Å²) >= 11 is 8.88. The van der Waals surface area contributed by atoms with E-state index in [9.17, 15) is 0 Å². The zero-order valence-electron chi connectivity index (χ0n) is 7.10. The smallest absolute Gasteiger partial charge is 0.0349 e. The molecule has 0 aliphatic heterocycles. The Morgan fingerprint density at radius 1 is 1.38 bits per heavy atom. The van der Waals surface area contributed by atoms with E-state index in [0.717, 1.165) is 9.80 Å². The summed E-state index contributed by atoms with van der Waals surface area (Å²) in [6, 6.07) is 6.45. The molecule has 0 amide bonds. The molecule has 3 heteroatoms. The summed E-state index contributed by atoms with van der Waals surface area (Å²) in [6.07, 6.45) is 0. The summed E-state index contributed by atoms with van der Waals surface area (Å²) in [4.78, 5) is 1.41. The lowest BCUT2D eigenvalue weighted by atomic mass is 10.2. The molecule has 13 heavy (non-hydrogen) atoms.